The van der Waals surface area contributed by atoms with Crippen LogP contribution >= 0.6 is 0 Å². The zero-order chi connectivity index (χ0) is 27.0. The number of primary amides is 1. The van der Waals surface area contributed by atoms with Crippen LogP contribution in [0.1, 0.15) is 34.3 Å². The number of carbonyl (C=O) groups is 4. The number of aromatic hydroxyl groups is 1. The maximum Gasteiger partial charge on any atom is 0.341 e. The number of Topliss-reactive ketones (excluding diaryl/α,β-unsaturated/α-hetero) is 2. The molecule has 0 bridgehead atoms. The number of ketones is 2. The van der Waals surface area contributed by atoms with Gasteiger partial charge in [-0.2, -0.15) is 0 Å². The second-order valence-corrected chi connectivity index (χ2v) is 9.47. The van der Waals surface area contributed by atoms with E-state index < -0.39 is 87.4 Å². The number of nitrogens with two attached hydrogens (primary N) is 1. The van der Waals surface area contributed by atoms with E-state index in [1.54, 1.807) is 6.92 Å². The van der Waals surface area contributed by atoms with Gasteiger partial charge in [0.2, 0.25) is 5.78 Å². The summed E-state index contributed by atoms with van der Waals surface area (Å²) in [6.45, 7) is 1.59. The van der Waals surface area contributed by atoms with Crippen molar-refractivity contribution in [3.8, 4) is 5.75 Å². The molecule has 1 saturated carbocycles. The van der Waals surface area contributed by atoms with E-state index in [1.165, 1.54) is 31.1 Å². The lowest BCUT2D eigenvalue weighted by atomic mass is 9.54. The standard InChI is InChI=1S/C24H26N2O10/c1-7-8-5-6-9(23(34)36-4)16(27)11(8)17(28)12-10(7)18(29)14-15(26(2)3)19(30)13(22(25)33)21(32)24(14,35)20(12)31/h5-7,10,14-15,18,27-29,32,35H,1-4H3,(H2,25,33)/t7-,10?,14?,15-,18-,24?/m1/s1. The number of amides is 1. The molecule has 3 unspecified atom stereocenters. The molecule has 1 aromatic rings. The maximum absolute atomic E-state index is 13.8. The molecule has 1 fully saturated rings. The van der Waals surface area contributed by atoms with Crippen molar-refractivity contribution >= 4 is 29.2 Å². The molecule has 12 nitrogen and oxygen atoms in total. The van der Waals surface area contributed by atoms with Gasteiger partial charge < -0.3 is 36.0 Å². The minimum absolute atomic E-state index is 0.282. The number of hydrogen-bond donors (Lipinski definition) is 6. The number of aliphatic hydroxyl groups is 4. The van der Waals surface area contributed by atoms with Crippen LogP contribution in [-0.2, 0) is 19.1 Å². The van der Waals surface area contributed by atoms with Crippen LogP contribution in [0.25, 0.3) is 5.76 Å². The molecule has 6 atom stereocenters. The van der Waals surface area contributed by atoms with E-state index in [4.69, 9.17) is 5.73 Å². The van der Waals surface area contributed by atoms with E-state index in [2.05, 4.69) is 4.74 Å². The summed E-state index contributed by atoms with van der Waals surface area (Å²) in [5.74, 6) is -11.0. The third kappa shape index (κ3) is 2.98. The number of hydrogen-bond acceptors (Lipinski definition) is 11. The number of phenolic OH excluding ortho intramolecular Hbond substituents is 1. The highest BCUT2D eigenvalue weighted by Gasteiger charge is 2.68. The van der Waals surface area contributed by atoms with Crippen molar-refractivity contribution in [3.63, 3.8) is 0 Å². The molecule has 0 radical (unpaired) electrons. The predicted octanol–water partition coefficient (Wildman–Crippen LogP) is -0.718. The smallest absolute Gasteiger partial charge is 0.341 e. The molecule has 0 spiro atoms. The van der Waals surface area contributed by atoms with Gasteiger partial charge in [0.25, 0.3) is 5.91 Å². The van der Waals surface area contributed by atoms with Gasteiger partial charge in [-0.1, -0.05) is 13.0 Å². The summed E-state index contributed by atoms with van der Waals surface area (Å²) < 4.78 is 4.63. The molecule has 0 heterocycles. The Morgan fingerprint density at radius 2 is 1.75 bits per heavy atom. The zero-order valence-corrected chi connectivity index (χ0v) is 19.8. The number of likely N-dealkylation sites (N-methyl/N-ethyl adjacent to an activating group) is 1. The van der Waals surface area contributed by atoms with E-state index in [9.17, 15) is 44.7 Å². The molecule has 1 amide bonds. The van der Waals surface area contributed by atoms with Gasteiger partial charge in [-0.05, 0) is 31.6 Å². The Labute approximate surface area is 204 Å². The molecule has 0 aromatic heterocycles. The van der Waals surface area contributed by atoms with Crippen LogP contribution in [0.5, 0.6) is 5.75 Å². The van der Waals surface area contributed by atoms with Gasteiger partial charge in [-0.25, -0.2) is 4.79 Å². The summed E-state index contributed by atoms with van der Waals surface area (Å²) in [4.78, 5) is 52.3. The third-order valence-corrected chi connectivity index (χ3v) is 7.53. The fourth-order valence-electron chi connectivity index (χ4n) is 5.89. The Hall–Kier alpha value is -3.74. The number of rotatable bonds is 3. The van der Waals surface area contributed by atoms with E-state index in [0.717, 1.165) is 7.11 Å². The van der Waals surface area contributed by atoms with Gasteiger partial charge in [0.05, 0.1) is 30.7 Å². The first-order chi connectivity index (χ1) is 16.7. The Morgan fingerprint density at radius 3 is 2.28 bits per heavy atom. The fourth-order valence-corrected chi connectivity index (χ4v) is 5.89. The third-order valence-electron chi connectivity index (χ3n) is 7.53. The number of phenols is 1. The van der Waals surface area contributed by atoms with Crippen LogP contribution in [0, 0.1) is 11.8 Å². The van der Waals surface area contributed by atoms with Crippen molar-refractivity contribution in [1.29, 1.82) is 0 Å². The van der Waals surface area contributed by atoms with Gasteiger partial charge >= 0.3 is 5.97 Å². The number of benzene rings is 1. The number of esters is 1. The molecule has 0 saturated heterocycles. The summed E-state index contributed by atoms with van der Waals surface area (Å²) >= 11 is 0. The van der Waals surface area contributed by atoms with Crippen LogP contribution in [0.2, 0.25) is 0 Å². The SMILES string of the molecule is COC(=O)c1ccc2c(c1O)C(O)=C1C(=O)C3(O)C(O)=C(C(N)=O)C(=O)[C@H](N(C)C)C3[C@H](O)C1[C@@H]2C. The number of ether oxygens (including phenoxy) is 1. The molecular formula is C24H26N2O10. The molecular weight excluding hydrogens is 476 g/mol. The average Bonchev–Trinajstić information content (AvgIpc) is 2.80. The molecule has 12 heteroatoms. The van der Waals surface area contributed by atoms with Crippen LogP contribution in [0.4, 0.5) is 0 Å². The Balaban J connectivity index is 2.05. The van der Waals surface area contributed by atoms with Crippen molar-refractivity contribution < 1.29 is 49.4 Å². The molecule has 7 N–H and O–H groups in total. The molecule has 1 aromatic carbocycles. The first-order valence-electron chi connectivity index (χ1n) is 11.0. The Bertz CT molecular complexity index is 1300. The fraction of sp³-hybridized carbons (Fsp3) is 0.417. The number of fused-ring (bicyclic) bond motifs is 3. The van der Waals surface area contributed by atoms with Crippen LogP contribution in [0.3, 0.4) is 0 Å². The first-order valence-corrected chi connectivity index (χ1v) is 11.0. The van der Waals surface area contributed by atoms with Gasteiger partial charge in [-0.15, -0.1) is 0 Å². The van der Waals surface area contributed by atoms with E-state index in [0.29, 0.717) is 0 Å². The van der Waals surface area contributed by atoms with E-state index >= 15 is 0 Å². The average molecular weight is 502 g/mol. The van der Waals surface area contributed by atoms with Crippen LogP contribution < -0.4 is 5.73 Å². The largest absolute Gasteiger partial charge is 0.508 e. The molecule has 3 aliphatic rings. The Kier molecular flexibility index (Phi) is 5.74. The second kappa shape index (κ2) is 8.15. The lowest BCUT2D eigenvalue weighted by Gasteiger charge is -2.53. The quantitative estimate of drug-likeness (QED) is 0.224. The van der Waals surface area contributed by atoms with Crippen molar-refractivity contribution in [3.05, 3.63) is 45.7 Å². The molecule has 36 heavy (non-hydrogen) atoms. The summed E-state index contributed by atoms with van der Waals surface area (Å²) in [5.41, 5.74) is 0.436. The van der Waals surface area contributed by atoms with Gasteiger partial charge in [0, 0.05) is 11.5 Å². The summed E-state index contributed by atoms with van der Waals surface area (Å²) in [5, 5.41) is 55.9. The summed E-state index contributed by atoms with van der Waals surface area (Å²) in [7, 11) is 3.94. The number of carbonyl (C=O) groups excluding carboxylic acids is 4. The highest BCUT2D eigenvalue weighted by atomic mass is 16.5. The minimum atomic E-state index is -3.00. The van der Waals surface area contributed by atoms with Crippen molar-refractivity contribution in [2.24, 2.45) is 17.6 Å². The normalized spacial score (nSPS) is 31.7. The predicted molar refractivity (Wildman–Crippen MR) is 122 cm³/mol. The van der Waals surface area contributed by atoms with Crippen molar-refractivity contribution in [1.82, 2.24) is 4.90 Å². The number of nitrogens with zero attached hydrogens (tertiary/aromatic N) is 1. The highest BCUT2D eigenvalue weighted by molar-refractivity contribution is 6.24. The number of methoxy groups -OCH3 is 1. The number of aliphatic hydroxyl groups excluding tert-OH is 3. The first kappa shape index (κ1) is 25.4. The second-order valence-electron chi connectivity index (χ2n) is 9.47. The van der Waals surface area contributed by atoms with Crippen LogP contribution in [-0.4, -0.2) is 92.8 Å². The molecule has 192 valence electrons. The van der Waals surface area contributed by atoms with Gasteiger partial charge in [-0.3, -0.25) is 19.3 Å². The van der Waals surface area contributed by atoms with Crippen molar-refractivity contribution in [2.75, 3.05) is 21.2 Å². The molecule has 3 aliphatic carbocycles. The topological polar surface area (TPSA) is 208 Å². The van der Waals surface area contributed by atoms with Gasteiger partial charge in [0.1, 0.15) is 28.4 Å². The maximum atomic E-state index is 13.8. The highest BCUT2D eigenvalue weighted by Crippen LogP contribution is 2.56. The Morgan fingerprint density at radius 1 is 1.14 bits per heavy atom. The summed E-state index contributed by atoms with van der Waals surface area (Å²) in [6, 6.07) is 1.26. The van der Waals surface area contributed by atoms with Crippen LogP contribution in [0.15, 0.2) is 29.0 Å². The lowest BCUT2D eigenvalue weighted by molar-refractivity contribution is -0.169. The lowest BCUT2D eigenvalue weighted by Crippen LogP contribution is -2.70. The molecule has 4 rings (SSSR count). The molecule has 0 aliphatic heterocycles. The van der Waals surface area contributed by atoms with Crippen molar-refractivity contribution in [2.45, 2.75) is 30.6 Å². The summed E-state index contributed by atoms with van der Waals surface area (Å²) in [6.07, 6.45) is -1.69. The minimum Gasteiger partial charge on any atom is -0.508 e. The zero-order valence-electron chi connectivity index (χ0n) is 19.8. The van der Waals surface area contributed by atoms with E-state index in [-0.39, 0.29) is 16.7 Å². The monoisotopic (exact) mass is 502 g/mol. The van der Waals surface area contributed by atoms with Gasteiger partial charge in [0.15, 0.2) is 11.4 Å². The van der Waals surface area contributed by atoms with E-state index in [1.807, 2.05) is 0 Å².